The molecule has 1 aliphatic carbocycles. The molecule has 2 N–H and O–H groups in total. The van der Waals surface area contributed by atoms with Gasteiger partial charge in [-0.15, -0.1) is 4.80 Å². The maximum absolute atomic E-state index is 15.2. The number of rotatable bonds is 6. The molecule has 0 radical (unpaired) electrons. The number of halogens is 2. The van der Waals surface area contributed by atoms with Crippen molar-refractivity contribution in [3.8, 4) is 5.69 Å². The highest BCUT2D eigenvalue weighted by molar-refractivity contribution is 6.32. The van der Waals surface area contributed by atoms with Crippen LogP contribution in [0.15, 0.2) is 23.1 Å². The van der Waals surface area contributed by atoms with Crippen molar-refractivity contribution in [1.29, 1.82) is 0 Å². The Morgan fingerprint density at radius 2 is 2.03 bits per heavy atom. The van der Waals surface area contributed by atoms with E-state index in [1.54, 1.807) is 13.1 Å². The Morgan fingerprint density at radius 3 is 2.76 bits per heavy atom. The molecule has 0 amide bonds. The van der Waals surface area contributed by atoms with Crippen molar-refractivity contribution in [3.05, 3.63) is 45.2 Å². The minimum Gasteiger partial charge on any atom is -0.366 e. The van der Waals surface area contributed by atoms with Crippen LogP contribution in [0.25, 0.3) is 5.69 Å². The maximum atomic E-state index is 15.2. The molecule has 37 heavy (non-hydrogen) atoms. The summed E-state index contributed by atoms with van der Waals surface area (Å²) in [4.78, 5) is 24.8. The van der Waals surface area contributed by atoms with Crippen LogP contribution in [0.2, 0.25) is 5.02 Å². The summed E-state index contributed by atoms with van der Waals surface area (Å²) in [6.07, 6.45) is 7.91. The molecule has 3 aromatic rings. The highest BCUT2D eigenvalue weighted by atomic mass is 35.5. The second kappa shape index (κ2) is 9.05. The molecule has 0 unspecified atom stereocenters. The molecule has 3 fully saturated rings. The summed E-state index contributed by atoms with van der Waals surface area (Å²) in [5, 5.41) is 14.5. The SMILES string of the molecule is Cn1c(=O)nnn1-c1cc(Nc2ncc(Cl)c(N[C@@H]3C[C@@H]4CCCN4C(C)(C)C3)n2)c(F)cc1C1CC1. The average molecular weight is 528 g/mol. The summed E-state index contributed by atoms with van der Waals surface area (Å²) in [5.74, 6) is 0.552. The fraction of sp³-hybridized carbons (Fsp3) is 0.560. The number of hydrogen-bond donors (Lipinski definition) is 2. The van der Waals surface area contributed by atoms with Crippen LogP contribution in [-0.4, -0.2) is 58.8 Å². The largest absolute Gasteiger partial charge is 0.383 e. The van der Waals surface area contributed by atoms with Gasteiger partial charge in [-0.25, -0.2) is 18.9 Å². The van der Waals surface area contributed by atoms with Crippen molar-refractivity contribution in [3.63, 3.8) is 0 Å². The molecule has 6 rings (SSSR count). The Morgan fingerprint density at radius 1 is 1.22 bits per heavy atom. The van der Waals surface area contributed by atoms with Crippen molar-refractivity contribution < 1.29 is 4.39 Å². The van der Waals surface area contributed by atoms with Gasteiger partial charge in [0, 0.05) is 24.7 Å². The second-order valence-corrected chi connectivity index (χ2v) is 11.5. The van der Waals surface area contributed by atoms with Crippen LogP contribution in [0.5, 0.6) is 0 Å². The van der Waals surface area contributed by atoms with E-state index < -0.39 is 11.5 Å². The van der Waals surface area contributed by atoms with Crippen LogP contribution < -0.4 is 16.3 Å². The lowest BCUT2D eigenvalue weighted by atomic mass is 9.84. The third-order valence-corrected chi connectivity index (χ3v) is 8.19. The first-order valence-corrected chi connectivity index (χ1v) is 13.2. The number of piperidine rings is 1. The van der Waals surface area contributed by atoms with E-state index in [0.717, 1.165) is 37.8 Å². The average Bonchev–Trinajstić information content (AvgIpc) is 3.49. The monoisotopic (exact) mass is 527 g/mol. The van der Waals surface area contributed by atoms with Crippen molar-refractivity contribution >= 4 is 29.1 Å². The predicted molar refractivity (Wildman–Crippen MR) is 139 cm³/mol. The lowest BCUT2D eigenvalue weighted by molar-refractivity contribution is 0.0501. The molecular formula is C25H31ClFN9O. The highest BCUT2D eigenvalue weighted by Crippen LogP contribution is 2.44. The molecule has 0 bridgehead atoms. The second-order valence-electron chi connectivity index (χ2n) is 11.0. The highest BCUT2D eigenvalue weighted by Gasteiger charge is 2.43. The topological polar surface area (TPSA) is 106 Å². The van der Waals surface area contributed by atoms with Gasteiger partial charge in [-0.2, -0.15) is 4.98 Å². The van der Waals surface area contributed by atoms with E-state index in [4.69, 9.17) is 11.6 Å². The van der Waals surface area contributed by atoms with Gasteiger partial charge in [-0.1, -0.05) is 16.7 Å². The standard InChI is InChI=1S/C25H31ClFN9O/c1-25(2)12-15(9-16-5-4-8-35(16)25)29-22-18(26)13-28-23(31-22)30-20-11-21(36-33-32-24(37)34(36)3)17(10-19(20)27)14-6-7-14/h10-11,13-16H,4-9,12H2,1-3H3,(H2,28,29,30,31)/t15-,16+/m1/s1. The molecule has 2 saturated heterocycles. The lowest BCUT2D eigenvalue weighted by Gasteiger charge is -2.47. The summed E-state index contributed by atoms with van der Waals surface area (Å²) in [5.41, 5.74) is 1.19. The van der Waals surface area contributed by atoms with Crippen molar-refractivity contribution in [2.45, 2.75) is 75.9 Å². The van der Waals surface area contributed by atoms with E-state index in [1.165, 1.54) is 34.6 Å². The third-order valence-electron chi connectivity index (χ3n) is 7.91. The van der Waals surface area contributed by atoms with Crippen molar-refractivity contribution in [1.82, 2.24) is 34.7 Å². The molecule has 2 aliphatic heterocycles. The van der Waals surface area contributed by atoms with E-state index in [1.807, 2.05) is 0 Å². The third kappa shape index (κ3) is 4.59. The molecule has 4 heterocycles. The summed E-state index contributed by atoms with van der Waals surface area (Å²) in [7, 11) is 1.58. The first-order valence-electron chi connectivity index (χ1n) is 12.9. The Hall–Kier alpha value is -3.05. The molecule has 2 aromatic heterocycles. The molecule has 3 aliphatic rings. The van der Waals surface area contributed by atoms with Crippen LogP contribution in [0, 0.1) is 5.82 Å². The van der Waals surface area contributed by atoms with E-state index in [9.17, 15) is 4.79 Å². The minimum atomic E-state index is -0.482. The summed E-state index contributed by atoms with van der Waals surface area (Å²) < 4.78 is 16.5. The fourth-order valence-corrected chi connectivity index (χ4v) is 6.17. The van der Waals surface area contributed by atoms with Gasteiger partial charge in [-0.05, 0) is 87.7 Å². The quantitative estimate of drug-likeness (QED) is 0.496. The molecule has 10 nitrogen and oxygen atoms in total. The van der Waals surface area contributed by atoms with Crippen LogP contribution in [-0.2, 0) is 7.05 Å². The number of anilines is 3. The predicted octanol–water partition coefficient (Wildman–Crippen LogP) is 3.99. The normalized spacial score (nSPS) is 23.2. The zero-order valence-electron chi connectivity index (χ0n) is 21.2. The molecule has 2 atom stereocenters. The number of hydrogen-bond acceptors (Lipinski definition) is 8. The summed E-state index contributed by atoms with van der Waals surface area (Å²) in [6, 6.07) is 3.91. The van der Waals surface area contributed by atoms with Gasteiger partial charge < -0.3 is 10.6 Å². The van der Waals surface area contributed by atoms with Crippen LogP contribution in [0.1, 0.15) is 63.9 Å². The lowest BCUT2D eigenvalue weighted by Crippen LogP contribution is -2.55. The van der Waals surface area contributed by atoms with Gasteiger partial charge in [0.05, 0.1) is 17.6 Å². The van der Waals surface area contributed by atoms with Gasteiger partial charge in [0.25, 0.3) is 0 Å². The Labute approximate surface area is 219 Å². The smallest absolute Gasteiger partial charge is 0.366 e. The summed E-state index contributed by atoms with van der Waals surface area (Å²) in [6.45, 7) is 5.75. The van der Waals surface area contributed by atoms with Gasteiger partial charge in [0.2, 0.25) is 5.95 Å². The molecule has 196 valence electrons. The maximum Gasteiger partial charge on any atom is 0.383 e. The number of nitrogens with zero attached hydrogens (tertiary/aromatic N) is 7. The number of fused-ring (bicyclic) bond motifs is 1. The van der Waals surface area contributed by atoms with E-state index >= 15 is 4.39 Å². The van der Waals surface area contributed by atoms with Crippen LogP contribution in [0.3, 0.4) is 0 Å². The summed E-state index contributed by atoms with van der Waals surface area (Å²) >= 11 is 6.47. The van der Waals surface area contributed by atoms with E-state index in [0.29, 0.717) is 22.6 Å². The van der Waals surface area contributed by atoms with Gasteiger partial charge in [0.15, 0.2) is 5.82 Å². The van der Waals surface area contributed by atoms with Crippen molar-refractivity contribution in [2.75, 3.05) is 17.2 Å². The Balaban J connectivity index is 1.27. The number of tetrazole rings is 1. The van der Waals surface area contributed by atoms with Crippen molar-refractivity contribution in [2.24, 2.45) is 7.05 Å². The number of nitrogens with one attached hydrogen (secondary N) is 2. The van der Waals surface area contributed by atoms with Gasteiger partial charge in [0.1, 0.15) is 10.8 Å². The molecular weight excluding hydrogens is 497 g/mol. The van der Waals surface area contributed by atoms with Crippen LogP contribution in [0.4, 0.5) is 21.8 Å². The Kier molecular flexibility index (Phi) is 5.95. The first kappa shape index (κ1) is 24.3. The van der Waals surface area contributed by atoms with E-state index in [-0.39, 0.29) is 29.1 Å². The first-order chi connectivity index (χ1) is 17.7. The van der Waals surface area contributed by atoms with E-state index in [2.05, 4.69) is 49.7 Å². The molecule has 1 aromatic carbocycles. The number of aromatic nitrogens is 6. The molecule has 1 saturated carbocycles. The van der Waals surface area contributed by atoms with Gasteiger partial charge in [-0.3, -0.25) is 4.90 Å². The molecule has 12 heteroatoms. The molecule has 0 spiro atoms. The van der Waals surface area contributed by atoms with Crippen LogP contribution >= 0.6 is 11.6 Å². The fourth-order valence-electron chi connectivity index (χ4n) is 6.03. The van der Waals surface area contributed by atoms with Gasteiger partial charge >= 0.3 is 5.69 Å². The number of benzene rings is 1. The minimum absolute atomic E-state index is 0.0992. The zero-order valence-corrected chi connectivity index (χ0v) is 22.0. The Bertz CT molecular complexity index is 1400. The zero-order chi connectivity index (χ0) is 25.9.